The van der Waals surface area contributed by atoms with Crippen LogP contribution in [0.1, 0.15) is 198 Å². The Kier molecular flexibility index (Phi) is 41.4. The standard InChI is InChI=1S/C21H41ClO2.C20H42O.C3H3Cl3O3/c1-17(2)9-6-10-18(3)11-7-12-19(4)13-8-14-20(5)15-16-24-21(22)23;1-17(2)9-6-10-18(3)11-7-12-19(4)13-8-14-20(5)15-16-21;1-8-2(7)9-3(4,5)6/h17-20H,6-16H2,1-5H3;17-21H,6-16H2,1-5H3;1H3. The lowest BCUT2D eigenvalue weighted by Crippen LogP contribution is -2.15. The van der Waals surface area contributed by atoms with Crippen molar-refractivity contribution in [3.63, 3.8) is 0 Å². The maximum Gasteiger partial charge on any atom is 0.511 e. The molecule has 0 amide bonds. The van der Waals surface area contributed by atoms with Gasteiger partial charge >= 0.3 is 15.6 Å². The summed E-state index contributed by atoms with van der Waals surface area (Å²) in [4.78, 5) is 20.6. The van der Waals surface area contributed by atoms with Gasteiger partial charge in [0.1, 0.15) is 0 Å². The summed E-state index contributed by atoms with van der Waals surface area (Å²) < 4.78 is 10.8. The summed E-state index contributed by atoms with van der Waals surface area (Å²) in [6, 6.07) is 0. The number of carbonyl (C=O) groups is 2. The van der Waals surface area contributed by atoms with Gasteiger partial charge in [-0.2, -0.15) is 0 Å². The fourth-order valence-corrected chi connectivity index (χ4v) is 6.84. The molecule has 0 fully saturated rings. The number of aliphatic hydroxyl groups is 1. The summed E-state index contributed by atoms with van der Waals surface area (Å²) in [7, 11) is 1.11. The Balaban J connectivity index is -0.000000791. The number of halogens is 4. The van der Waals surface area contributed by atoms with Crippen molar-refractivity contribution in [3.8, 4) is 0 Å². The van der Waals surface area contributed by atoms with Gasteiger partial charge in [0.2, 0.25) is 0 Å². The van der Waals surface area contributed by atoms with Crippen LogP contribution in [0.4, 0.5) is 9.59 Å². The van der Waals surface area contributed by atoms with Crippen molar-refractivity contribution in [3.05, 3.63) is 0 Å². The summed E-state index contributed by atoms with van der Waals surface area (Å²) in [6.45, 7) is 24.2. The number of aliphatic hydroxyl groups excluding tert-OH is 1. The van der Waals surface area contributed by atoms with Crippen LogP contribution in [0.25, 0.3) is 0 Å². The molecule has 0 saturated carbocycles. The summed E-state index contributed by atoms with van der Waals surface area (Å²) in [5.41, 5.74) is -0.686. The molecule has 0 aliphatic carbocycles. The van der Waals surface area contributed by atoms with Crippen molar-refractivity contribution in [1.29, 1.82) is 0 Å². The zero-order valence-electron chi connectivity index (χ0n) is 36.7. The number of rotatable bonds is 29. The first-order chi connectivity index (χ1) is 25.2. The molecule has 0 rings (SSSR count). The van der Waals surface area contributed by atoms with Crippen LogP contribution >= 0.6 is 46.4 Å². The predicted molar refractivity (Wildman–Crippen MR) is 235 cm³/mol. The molecule has 6 atom stereocenters. The molecule has 0 aromatic rings. The molecule has 0 saturated heterocycles. The molecule has 326 valence electrons. The molecular formula is C44H86Cl4O6. The van der Waals surface area contributed by atoms with Gasteiger partial charge in [-0.15, -0.1) is 0 Å². The Labute approximate surface area is 354 Å². The molecule has 0 radical (unpaired) electrons. The van der Waals surface area contributed by atoms with Crippen LogP contribution in [0.15, 0.2) is 0 Å². The largest absolute Gasteiger partial charge is 0.511 e. The molecule has 0 aromatic heterocycles. The second-order valence-electron chi connectivity index (χ2n) is 17.4. The maximum atomic E-state index is 10.5. The minimum absolute atomic E-state index is 0.353. The van der Waals surface area contributed by atoms with Crippen LogP contribution in [0.5, 0.6) is 0 Å². The van der Waals surface area contributed by atoms with E-state index < -0.39 is 15.6 Å². The van der Waals surface area contributed by atoms with Crippen LogP contribution in [0.3, 0.4) is 0 Å². The van der Waals surface area contributed by atoms with Gasteiger partial charge in [0.25, 0.3) is 0 Å². The number of methoxy groups -OCH3 is 1. The first-order valence-corrected chi connectivity index (χ1v) is 23.0. The van der Waals surface area contributed by atoms with E-state index in [1.807, 2.05) is 0 Å². The Morgan fingerprint density at radius 1 is 0.500 bits per heavy atom. The van der Waals surface area contributed by atoms with E-state index in [4.69, 9.17) is 56.2 Å². The van der Waals surface area contributed by atoms with Crippen LogP contribution < -0.4 is 0 Å². The number of carbonyl (C=O) groups excluding carboxylic acids is 2. The zero-order chi connectivity index (χ0) is 42.0. The van der Waals surface area contributed by atoms with E-state index in [2.05, 4.69) is 78.7 Å². The maximum absolute atomic E-state index is 10.5. The zero-order valence-corrected chi connectivity index (χ0v) is 39.7. The van der Waals surface area contributed by atoms with Gasteiger partial charge in [0.05, 0.1) is 13.7 Å². The van der Waals surface area contributed by atoms with E-state index in [0.29, 0.717) is 25.0 Å². The van der Waals surface area contributed by atoms with Crippen LogP contribution in [-0.2, 0) is 14.2 Å². The van der Waals surface area contributed by atoms with E-state index >= 15 is 0 Å². The highest BCUT2D eigenvalue weighted by atomic mass is 35.6. The Hall–Kier alpha value is -0.140. The third kappa shape index (κ3) is 49.9. The van der Waals surface area contributed by atoms with E-state index in [0.717, 1.165) is 55.5 Å². The minimum atomic E-state index is -2.03. The molecule has 54 heavy (non-hydrogen) atoms. The van der Waals surface area contributed by atoms with Gasteiger partial charge in [-0.05, 0) is 95.0 Å². The molecule has 10 heteroatoms. The van der Waals surface area contributed by atoms with E-state index in [-0.39, 0.29) is 0 Å². The number of hydrogen-bond acceptors (Lipinski definition) is 6. The minimum Gasteiger partial charge on any atom is -0.454 e. The second kappa shape index (κ2) is 38.4. The van der Waals surface area contributed by atoms with Crippen molar-refractivity contribution >= 4 is 58.0 Å². The molecule has 0 bridgehead atoms. The lowest BCUT2D eigenvalue weighted by molar-refractivity contribution is 0.0704. The molecule has 0 aromatic carbocycles. The van der Waals surface area contributed by atoms with E-state index in [9.17, 15) is 9.59 Å². The molecular weight excluding hydrogens is 766 g/mol. The van der Waals surface area contributed by atoms with E-state index in [1.165, 1.54) is 116 Å². The Morgan fingerprint density at radius 3 is 1.00 bits per heavy atom. The fourth-order valence-electron chi connectivity index (χ4n) is 6.57. The van der Waals surface area contributed by atoms with Crippen molar-refractivity contribution in [2.75, 3.05) is 20.3 Å². The molecule has 6 nitrogen and oxygen atoms in total. The number of alkyl halides is 3. The van der Waals surface area contributed by atoms with Crippen LogP contribution in [0, 0.1) is 47.3 Å². The van der Waals surface area contributed by atoms with Gasteiger partial charge in [-0.1, -0.05) is 185 Å². The first-order valence-electron chi connectivity index (χ1n) is 21.5. The third-order valence-corrected chi connectivity index (χ3v) is 10.7. The summed E-state index contributed by atoms with van der Waals surface area (Å²) in [6.07, 6.45) is 25.5. The topological polar surface area (TPSA) is 82.1 Å². The lowest BCUT2D eigenvalue weighted by Gasteiger charge is -2.16. The molecule has 0 spiro atoms. The Morgan fingerprint density at radius 2 is 0.778 bits per heavy atom. The molecule has 6 unspecified atom stereocenters. The van der Waals surface area contributed by atoms with Crippen LogP contribution in [0.2, 0.25) is 0 Å². The second-order valence-corrected chi connectivity index (χ2v) is 19.9. The average Bonchev–Trinajstić information content (AvgIpc) is 3.04. The van der Waals surface area contributed by atoms with Gasteiger partial charge < -0.3 is 19.3 Å². The van der Waals surface area contributed by atoms with Gasteiger partial charge in [-0.25, -0.2) is 9.59 Å². The number of hydrogen-bond donors (Lipinski definition) is 1. The Bertz CT molecular complexity index is 838. The summed E-state index contributed by atoms with van der Waals surface area (Å²) >= 11 is 20.2. The highest BCUT2D eigenvalue weighted by Gasteiger charge is 2.25. The summed E-state index contributed by atoms with van der Waals surface area (Å²) in [5, 5.41) is 8.91. The monoisotopic (exact) mass is 851 g/mol. The lowest BCUT2D eigenvalue weighted by atomic mass is 9.91. The SMILES string of the molecule is CC(C)CCCC(C)CCCC(C)CCCC(C)CCO.CC(C)CCCC(C)CCCC(C)CCCC(C)CCOC(=O)Cl.COC(=O)OC(Cl)(Cl)Cl. The molecule has 0 heterocycles. The van der Waals surface area contributed by atoms with E-state index in [1.54, 1.807) is 0 Å². The molecule has 1 N–H and O–H groups in total. The van der Waals surface area contributed by atoms with Gasteiger partial charge in [0, 0.05) is 18.2 Å². The van der Waals surface area contributed by atoms with Crippen molar-refractivity contribution in [2.45, 2.75) is 202 Å². The smallest absolute Gasteiger partial charge is 0.454 e. The molecule has 0 aliphatic rings. The number of ether oxygens (including phenoxy) is 3. The quantitative estimate of drug-likeness (QED) is 0.0459. The average molecular weight is 853 g/mol. The summed E-state index contributed by atoms with van der Waals surface area (Å²) in [5.74, 6) is 6.54. The van der Waals surface area contributed by atoms with Crippen molar-refractivity contribution < 1.29 is 28.9 Å². The highest BCUT2D eigenvalue weighted by molar-refractivity contribution is 6.66. The predicted octanol–water partition coefficient (Wildman–Crippen LogP) is 16.4. The fraction of sp³-hybridized carbons (Fsp3) is 0.955. The van der Waals surface area contributed by atoms with Crippen molar-refractivity contribution in [1.82, 2.24) is 0 Å². The third-order valence-electron chi connectivity index (χ3n) is 10.3. The van der Waals surface area contributed by atoms with Gasteiger partial charge in [0.15, 0.2) is 0 Å². The normalized spacial score (nSPS) is 14.9. The highest BCUT2D eigenvalue weighted by Crippen LogP contribution is 2.28. The van der Waals surface area contributed by atoms with Crippen molar-refractivity contribution in [2.24, 2.45) is 47.3 Å². The van der Waals surface area contributed by atoms with Crippen LogP contribution in [-0.4, -0.2) is 41.0 Å². The first kappa shape index (κ1) is 58.2. The molecule has 0 aliphatic heterocycles. The van der Waals surface area contributed by atoms with Gasteiger partial charge in [-0.3, -0.25) is 0 Å².